The van der Waals surface area contributed by atoms with E-state index >= 15 is 0 Å². The Labute approximate surface area is 112 Å². The number of amides is 1. The van der Waals surface area contributed by atoms with Crippen LogP contribution in [0, 0.1) is 6.92 Å². The fourth-order valence-corrected chi connectivity index (χ4v) is 1.94. The van der Waals surface area contributed by atoms with E-state index in [0.717, 1.165) is 5.56 Å². The van der Waals surface area contributed by atoms with Crippen LogP contribution in [0.1, 0.15) is 22.3 Å². The lowest BCUT2D eigenvalue weighted by molar-refractivity contribution is 0.0879. The minimum absolute atomic E-state index is 0.00403. The van der Waals surface area contributed by atoms with Crippen LogP contribution in [0.25, 0.3) is 0 Å². The molecule has 0 saturated heterocycles. The largest absolute Gasteiger partial charge is 0.396 e. The van der Waals surface area contributed by atoms with Crippen molar-refractivity contribution in [1.29, 1.82) is 0 Å². The van der Waals surface area contributed by atoms with Gasteiger partial charge < -0.3 is 15.2 Å². The summed E-state index contributed by atoms with van der Waals surface area (Å²) in [4.78, 5) is 12.0. The topological polar surface area (TPSA) is 58.6 Å². The molecular formula is C13H18ClNO3. The Hall–Kier alpha value is -1.10. The highest BCUT2D eigenvalue weighted by Crippen LogP contribution is 2.17. The fourth-order valence-electron chi connectivity index (χ4n) is 1.62. The summed E-state index contributed by atoms with van der Waals surface area (Å²) in [6.45, 7) is 2.26. The van der Waals surface area contributed by atoms with Crippen LogP contribution in [0.4, 0.5) is 0 Å². The van der Waals surface area contributed by atoms with Crippen LogP contribution in [0.3, 0.4) is 0 Å². The summed E-state index contributed by atoms with van der Waals surface area (Å²) < 4.78 is 4.98. The number of carbonyl (C=O) groups is 1. The van der Waals surface area contributed by atoms with Gasteiger partial charge in [-0.15, -0.1) is 0 Å². The number of hydrogen-bond acceptors (Lipinski definition) is 3. The number of methoxy groups -OCH3 is 1. The van der Waals surface area contributed by atoms with Crippen LogP contribution in [-0.2, 0) is 4.74 Å². The first kappa shape index (κ1) is 15.0. The number of nitrogens with one attached hydrogen (secondary N) is 1. The highest BCUT2D eigenvalue weighted by molar-refractivity contribution is 6.33. The van der Waals surface area contributed by atoms with E-state index in [-0.39, 0.29) is 18.6 Å². The molecule has 1 rings (SSSR count). The molecule has 0 spiro atoms. The summed E-state index contributed by atoms with van der Waals surface area (Å²) in [6.07, 6.45) is 0.447. The van der Waals surface area contributed by atoms with Gasteiger partial charge in [0.2, 0.25) is 0 Å². The molecule has 0 bridgehead atoms. The molecule has 0 saturated carbocycles. The number of rotatable bonds is 6. The maximum atomic E-state index is 12.0. The van der Waals surface area contributed by atoms with Crippen molar-refractivity contribution in [3.63, 3.8) is 0 Å². The second-order valence-electron chi connectivity index (χ2n) is 4.12. The lowest BCUT2D eigenvalue weighted by atomic mass is 10.1. The van der Waals surface area contributed by atoms with Gasteiger partial charge in [0.05, 0.1) is 23.2 Å². The van der Waals surface area contributed by atoms with Crippen molar-refractivity contribution in [2.24, 2.45) is 0 Å². The molecule has 0 radical (unpaired) electrons. The first-order valence-corrected chi connectivity index (χ1v) is 6.13. The first-order chi connectivity index (χ1) is 8.58. The first-order valence-electron chi connectivity index (χ1n) is 5.75. The fraction of sp³-hybridized carbons (Fsp3) is 0.462. The Morgan fingerprint density at radius 1 is 1.56 bits per heavy atom. The molecule has 0 aliphatic carbocycles. The average molecular weight is 272 g/mol. The molecule has 0 aliphatic rings. The Morgan fingerprint density at radius 3 is 2.83 bits per heavy atom. The van der Waals surface area contributed by atoms with Crippen LogP contribution >= 0.6 is 11.6 Å². The van der Waals surface area contributed by atoms with E-state index in [1.807, 2.05) is 13.0 Å². The summed E-state index contributed by atoms with van der Waals surface area (Å²) in [5.74, 6) is -0.254. The SMILES string of the molecule is COCC(CCO)NC(=O)c1ccc(C)cc1Cl. The third-order valence-electron chi connectivity index (χ3n) is 2.55. The Kier molecular flexibility index (Phi) is 6.12. The van der Waals surface area contributed by atoms with E-state index in [2.05, 4.69) is 5.32 Å². The molecule has 1 aromatic carbocycles. The Morgan fingerprint density at radius 2 is 2.28 bits per heavy atom. The van der Waals surface area contributed by atoms with Crippen LogP contribution in [0.2, 0.25) is 5.02 Å². The van der Waals surface area contributed by atoms with Gasteiger partial charge in [-0.2, -0.15) is 0 Å². The van der Waals surface area contributed by atoms with Gasteiger partial charge in [0.1, 0.15) is 0 Å². The molecule has 1 unspecified atom stereocenters. The number of carbonyl (C=O) groups excluding carboxylic acids is 1. The van der Waals surface area contributed by atoms with Crippen molar-refractivity contribution in [2.45, 2.75) is 19.4 Å². The third kappa shape index (κ3) is 4.29. The third-order valence-corrected chi connectivity index (χ3v) is 2.86. The summed E-state index contributed by atoms with van der Waals surface area (Å²) in [5, 5.41) is 12.1. The zero-order valence-electron chi connectivity index (χ0n) is 10.6. The molecule has 1 atom stereocenters. The van der Waals surface area contributed by atoms with Gasteiger partial charge in [-0.05, 0) is 31.0 Å². The molecule has 0 aromatic heterocycles. The number of aryl methyl sites for hydroxylation is 1. The van der Waals surface area contributed by atoms with E-state index < -0.39 is 0 Å². The molecule has 2 N–H and O–H groups in total. The van der Waals surface area contributed by atoms with Crippen molar-refractivity contribution in [1.82, 2.24) is 5.32 Å². The molecule has 0 heterocycles. The number of aliphatic hydroxyl groups is 1. The molecule has 0 aliphatic heterocycles. The number of benzene rings is 1. The number of aliphatic hydroxyl groups excluding tert-OH is 1. The quantitative estimate of drug-likeness (QED) is 0.829. The van der Waals surface area contributed by atoms with Gasteiger partial charge in [0.25, 0.3) is 5.91 Å². The van der Waals surface area contributed by atoms with E-state index in [4.69, 9.17) is 21.4 Å². The van der Waals surface area contributed by atoms with Crippen molar-refractivity contribution in [2.75, 3.05) is 20.3 Å². The number of hydrogen-bond donors (Lipinski definition) is 2. The molecule has 4 nitrogen and oxygen atoms in total. The van der Waals surface area contributed by atoms with E-state index in [0.29, 0.717) is 23.6 Å². The van der Waals surface area contributed by atoms with Crippen molar-refractivity contribution in [3.8, 4) is 0 Å². The average Bonchev–Trinajstić information content (AvgIpc) is 2.29. The molecule has 18 heavy (non-hydrogen) atoms. The monoisotopic (exact) mass is 271 g/mol. The highest BCUT2D eigenvalue weighted by Gasteiger charge is 2.15. The van der Waals surface area contributed by atoms with Crippen LogP contribution in [-0.4, -0.2) is 37.4 Å². The Bertz CT molecular complexity index is 403. The molecular weight excluding hydrogens is 254 g/mol. The summed E-state index contributed by atoms with van der Waals surface area (Å²) in [6, 6.07) is 5.05. The van der Waals surface area contributed by atoms with Crippen LogP contribution < -0.4 is 5.32 Å². The second-order valence-corrected chi connectivity index (χ2v) is 4.53. The van der Waals surface area contributed by atoms with Gasteiger partial charge in [-0.25, -0.2) is 0 Å². The predicted octanol–water partition coefficient (Wildman–Crippen LogP) is 1.78. The zero-order valence-corrected chi connectivity index (χ0v) is 11.3. The minimum Gasteiger partial charge on any atom is -0.396 e. The normalized spacial score (nSPS) is 12.2. The molecule has 100 valence electrons. The molecule has 1 amide bonds. The maximum Gasteiger partial charge on any atom is 0.253 e. The summed E-state index contributed by atoms with van der Waals surface area (Å²) in [5.41, 5.74) is 1.43. The number of ether oxygens (including phenoxy) is 1. The molecule has 0 fully saturated rings. The van der Waals surface area contributed by atoms with Crippen molar-refractivity contribution < 1.29 is 14.6 Å². The predicted molar refractivity (Wildman–Crippen MR) is 71.0 cm³/mol. The molecule has 5 heteroatoms. The maximum absolute atomic E-state index is 12.0. The minimum atomic E-state index is -0.254. The number of halogens is 1. The van der Waals surface area contributed by atoms with Crippen LogP contribution in [0.15, 0.2) is 18.2 Å². The Balaban J connectivity index is 2.73. The van der Waals surface area contributed by atoms with E-state index in [1.54, 1.807) is 19.2 Å². The van der Waals surface area contributed by atoms with Crippen LogP contribution in [0.5, 0.6) is 0 Å². The van der Waals surface area contributed by atoms with Gasteiger partial charge in [-0.3, -0.25) is 4.79 Å². The second kappa shape index (κ2) is 7.36. The molecule has 1 aromatic rings. The van der Waals surface area contributed by atoms with Crippen molar-refractivity contribution >= 4 is 17.5 Å². The van der Waals surface area contributed by atoms with Gasteiger partial charge in [0.15, 0.2) is 0 Å². The van der Waals surface area contributed by atoms with Crippen molar-refractivity contribution in [3.05, 3.63) is 34.3 Å². The van der Waals surface area contributed by atoms with Gasteiger partial charge in [-0.1, -0.05) is 17.7 Å². The van der Waals surface area contributed by atoms with E-state index in [9.17, 15) is 4.79 Å². The smallest absolute Gasteiger partial charge is 0.253 e. The lowest BCUT2D eigenvalue weighted by Crippen LogP contribution is -2.38. The summed E-state index contributed by atoms with van der Waals surface area (Å²) >= 11 is 6.02. The standard InChI is InChI=1S/C13H18ClNO3/c1-9-3-4-11(12(14)7-9)13(17)15-10(5-6-16)8-18-2/h3-4,7,10,16H,5-6,8H2,1-2H3,(H,15,17). The van der Waals surface area contributed by atoms with Gasteiger partial charge >= 0.3 is 0 Å². The summed E-state index contributed by atoms with van der Waals surface area (Å²) in [7, 11) is 1.55. The van der Waals surface area contributed by atoms with E-state index in [1.165, 1.54) is 0 Å². The van der Waals surface area contributed by atoms with Gasteiger partial charge in [0, 0.05) is 13.7 Å². The lowest BCUT2D eigenvalue weighted by Gasteiger charge is -2.17. The highest BCUT2D eigenvalue weighted by atomic mass is 35.5. The zero-order chi connectivity index (χ0) is 13.5.